The normalized spacial score (nSPS) is 32.5. The van der Waals surface area contributed by atoms with Crippen molar-refractivity contribution in [3.05, 3.63) is 41.5 Å². The molecule has 2 fully saturated rings. The number of hydrogen-bond donors (Lipinski definition) is 0. The van der Waals surface area contributed by atoms with E-state index in [0.717, 1.165) is 29.0 Å². The van der Waals surface area contributed by atoms with Gasteiger partial charge in [-0.2, -0.15) is 13.2 Å². The van der Waals surface area contributed by atoms with E-state index in [2.05, 4.69) is 6.08 Å². The molecule has 1 saturated heterocycles. The van der Waals surface area contributed by atoms with Gasteiger partial charge in [0.25, 0.3) is 0 Å². The number of carbonyl (C=O) groups is 2. The monoisotopic (exact) mass is 321 g/mol. The van der Waals surface area contributed by atoms with Crippen molar-refractivity contribution >= 4 is 17.5 Å². The van der Waals surface area contributed by atoms with Gasteiger partial charge in [-0.1, -0.05) is 11.6 Å². The van der Waals surface area contributed by atoms with Crippen molar-refractivity contribution in [3.63, 3.8) is 0 Å². The van der Waals surface area contributed by atoms with Crippen LogP contribution in [0.2, 0.25) is 0 Å². The van der Waals surface area contributed by atoms with E-state index in [1.807, 2.05) is 6.92 Å². The summed E-state index contributed by atoms with van der Waals surface area (Å²) in [6.07, 6.45) is -1.54. The lowest BCUT2D eigenvalue weighted by atomic mass is 9.82. The SMILES string of the molecule is CC1=C[C@H]2C[C@@H]1[C@H]1C(=O)N(c3ccc(C(F)(F)F)cc3)C(=O)[C@@H]12. The molecule has 0 radical (unpaired) electrons. The molecule has 0 spiro atoms. The van der Waals surface area contributed by atoms with Crippen molar-refractivity contribution in [2.75, 3.05) is 4.90 Å². The Morgan fingerprint density at radius 2 is 1.65 bits per heavy atom. The van der Waals surface area contributed by atoms with Crippen LogP contribution in [0.3, 0.4) is 0 Å². The summed E-state index contributed by atoms with van der Waals surface area (Å²) in [7, 11) is 0. The Morgan fingerprint density at radius 1 is 1.04 bits per heavy atom. The fraction of sp³-hybridized carbons (Fsp3) is 0.412. The number of allylic oxidation sites excluding steroid dienone is 2. The molecule has 1 aromatic carbocycles. The van der Waals surface area contributed by atoms with Crippen LogP contribution in [0.15, 0.2) is 35.9 Å². The van der Waals surface area contributed by atoms with Crippen molar-refractivity contribution in [1.29, 1.82) is 0 Å². The summed E-state index contributed by atoms with van der Waals surface area (Å²) in [6.45, 7) is 1.97. The number of halogens is 3. The quantitative estimate of drug-likeness (QED) is 0.587. The van der Waals surface area contributed by atoms with Crippen molar-refractivity contribution in [3.8, 4) is 0 Å². The number of nitrogens with zero attached hydrogens (tertiary/aromatic N) is 1. The van der Waals surface area contributed by atoms with Crippen LogP contribution in [0, 0.1) is 23.7 Å². The Bertz CT molecular complexity index is 735. The minimum Gasteiger partial charge on any atom is -0.274 e. The first-order valence-electron chi connectivity index (χ1n) is 7.52. The van der Waals surface area contributed by atoms with Crippen LogP contribution in [0.1, 0.15) is 18.9 Å². The molecule has 3 nitrogen and oxygen atoms in total. The predicted octanol–water partition coefficient (Wildman–Crippen LogP) is 3.41. The van der Waals surface area contributed by atoms with E-state index in [1.54, 1.807) is 0 Å². The summed E-state index contributed by atoms with van der Waals surface area (Å²) in [5.74, 6) is -1.07. The Labute approximate surface area is 130 Å². The summed E-state index contributed by atoms with van der Waals surface area (Å²) in [5.41, 5.74) is 0.573. The van der Waals surface area contributed by atoms with Crippen molar-refractivity contribution in [2.24, 2.45) is 23.7 Å². The third-order valence-electron chi connectivity index (χ3n) is 5.33. The molecule has 0 aromatic heterocycles. The third kappa shape index (κ3) is 1.90. The number of anilines is 1. The molecule has 1 aromatic rings. The van der Waals surface area contributed by atoms with Gasteiger partial charge in [0.15, 0.2) is 0 Å². The molecule has 1 aliphatic heterocycles. The summed E-state index contributed by atoms with van der Waals surface area (Å²) in [6, 6.07) is 4.20. The maximum absolute atomic E-state index is 12.7. The molecule has 2 aliphatic carbocycles. The van der Waals surface area contributed by atoms with Gasteiger partial charge in [-0.15, -0.1) is 0 Å². The van der Waals surface area contributed by atoms with Crippen LogP contribution in [0.5, 0.6) is 0 Å². The van der Waals surface area contributed by atoms with Gasteiger partial charge < -0.3 is 0 Å². The van der Waals surface area contributed by atoms with E-state index in [4.69, 9.17) is 0 Å². The molecule has 0 N–H and O–H groups in total. The smallest absolute Gasteiger partial charge is 0.274 e. The average molecular weight is 321 g/mol. The highest BCUT2D eigenvalue weighted by atomic mass is 19.4. The second-order valence-electron chi connectivity index (χ2n) is 6.52. The van der Waals surface area contributed by atoms with Crippen LogP contribution in [-0.2, 0) is 15.8 Å². The topological polar surface area (TPSA) is 37.4 Å². The van der Waals surface area contributed by atoms with E-state index in [-0.39, 0.29) is 41.2 Å². The van der Waals surface area contributed by atoms with Crippen LogP contribution in [0.4, 0.5) is 18.9 Å². The highest BCUT2D eigenvalue weighted by Crippen LogP contribution is 2.55. The fourth-order valence-corrected chi connectivity index (χ4v) is 4.33. The summed E-state index contributed by atoms with van der Waals surface area (Å²) in [5, 5.41) is 0. The van der Waals surface area contributed by atoms with Crippen LogP contribution in [0.25, 0.3) is 0 Å². The number of amides is 2. The lowest BCUT2D eigenvalue weighted by Gasteiger charge is -2.19. The van der Waals surface area contributed by atoms with Gasteiger partial charge in [0.1, 0.15) is 0 Å². The molecule has 4 atom stereocenters. The molecule has 23 heavy (non-hydrogen) atoms. The molecule has 2 bridgehead atoms. The van der Waals surface area contributed by atoms with E-state index in [1.165, 1.54) is 12.1 Å². The minimum atomic E-state index is -4.44. The first kappa shape index (κ1) is 14.5. The highest BCUT2D eigenvalue weighted by Gasteiger charge is 2.60. The summed E-state index contributed by atoms with van der Waals surface area (Å²) in [4.78, 5) is 26.4. The molecular formula is C17H14F3NO2. The minimum absolute atomic E-state index is 0.0842. The molecule has 2 amide bonds. The zero-order valence-electron chi connectivity index (χ0n) is 12.3. The maximum atomic E-state index is 12.7. The van der Waals surface area contributed by atoms with E-state index in [0.29, 0.717) is 0 Å². The third-order valence-corrected chi connectivity index (χ3v) is 5.33. The zero-order valence-corrected chi connectivity index (χ0v) is 12.3. The van der Waals surface area contributed by atoms with Crippen LogP contribution in [-0.4, -0.2) is 11.8 Å². The van der Waals surface area contributed by atoms with Crippen molar-refractivity contribution < 1.29 is 22.8 Å². The Kier molecular flexibility index (Phi) is 2.81. The van der Waals surface area contributed by atoms with Gasteiger partial charge in [0, 0.05) is 0 Å². The number of hydrogen-bond acceptors (Lipinski definition) is 2. The number of fused-ring (bicyclic) bond motifs is 5. The highest BCUT2D eigenvalue weighted by molar-refractivity contribution is 6.22. The van der Waals surface area contributed by atoms with Crippen molar-refractivity contribution in [1.82, 2.24) is 0 Å². The Balaban J connectivity index is 1.67. The van der Waals surface area contributed by atoms with Gasteiger partial charge >= 0.3 is 6.18 Å². The fourth-order valence-electron chi connectivity index (χ4n) is 4.33. The molecule has 0 unspecified atom stereocenters. The maximum Gasteiger partial charge on any atom is 0.416 e. The van der Waals surface area contributed by atoms with Crippen LogP contribution >= 0.6 is 0 Å². The predicted molar refractivity (Wildman–Crippen MR) is 76.3 cm³/mol. The van der Waals surface area contributed by atoms with Gasteiger partial charge in [-0.3, -0.25) is 14.5 Å². The lowest BCUT2D eigenvalue weighted by molar-refractivity contribution is -0.137. The first-order valence-corrected chi connectivity index (χ1v) is 7.52. The van der Waals surface area contributed by atoms with Gasteiger partial charge in [-0.05, 0) is 49.4 Å². The van der Waals surface area contributed by atoms with E-state index in [9.17, 15) is 22.8 Å². The molecule has 4 rings (SSSR count). The van der Waals surface area contributed by atoms with E-state index >= 15 is 0 Å². The summed E-state index contributed by atoms with van der Waals surface area (Å²) >= 11 is 0. The molecule has 1 saturated carbocycles. The average Bonchev–Trinajstić information content (AvgIpc) is 3.10. The molecule has 1 heterocycles. The molecule has 120 valence electrons. The standard InChI is InChI=1S/C17H14F3NO2/c1-8-6-9-7-12(8)14-13(9)15(22)21(16(14)23)11-4-2-10(3-5-11)17(18,19)20/h2-6,9,12-14H,7H2,1H3/t9-,12-,13+,14+/m0/s1. The number of carbonyl (C=O) groups excluding carboxylic acids is 2. The number of benzene rings is 1. The zero-order chi connectivity index (χ0) is 16.5. The van der Waals surface area contributed by atoms with E-state index < -0.39 is 11.7 Å². The van der Waals surface area contributed by atoms with Crippen molar-refractivity contribution in [2.45, 2.75) is 19.5 Å². The van der Waals surface area contributed by atoms with Gasteiger partial charge in [0.2, 0.25) is 11.8 Å². The number of alkyl halides is 3. The largest absolute Gasteiger partial charge is 0.416 e. The second-order valence-corrected chi connectivity index (χ2v) is 6.52. The Hall–Kier alpha value is -2.11. The number of rotatable bonds is 1. The molecule has 6 heteroatoms. The molecule has 3 aliphatic rings. The van der Waals surface area contributed by atoms with Gasteiger partial charge in [-0.25, -0.2) is 0 Å². The summed E-state index contributed by atoms with van der Waals surface area (Å²) < 4.78 is 37.9. The number of imide groups is 1. The second kappa shape index (κ2) is 4.46. The van der Waals surface area contributed by atoms with Crippen LogP contribution < -0.4 is 4.90 Å². The Morgan fingerprint density at radius 3 is 2.26 bits per heavy atom. The lowest BCUT2D eigenvalue weighted by Crippen LogP contribution is -2.33. The first-order chi connectivity index (χ1) is 10.8. The molecular weight excluding hydrogens is 307 g/mol. The van der Waals surface area contributed by atoms with Gasteiger partial charge in [0.05, 0.1) is 23.1 Å².